The maximum Gasteiger partial charge on any atom is 0.124 e. The third kappa shape index (κ3) is 3.74. The van der Waals surface area contributed by atoms with Crippen LogP contribution in [-0.2, 0) is 11.2 Å². The van der Waals surface area contributed by atoms with Gasteiger partial charge in [-0.25, -0.2) is 4.39 Å². The minimum absolute atomic E-state index is 0.0892. The average Bonchev–Trinajstić information content (AvgIpc) is 2.01. The van der Waals surface area contributed by atoms with Gasteiger partial charge in [0.15, 0.2) is 0 Å². The first kappa shape index (κ1) is 11.6. The first-order chi connectivity index (χ1) is 6.61. The van der Waals surface area contributed by atoms with Crippen LogP contribution in [0.5, 0.6) is 0 Å². The SMILES string of the molecule is COCC(N)Cc1cc(F)cc(Br)c1. The Morgan fingerprint density at radius 3 is 2.79 bits per heavy atom. The van der Waals surface area contributed by atoms with Crippen LogP contribution in [0.3, 0.4) is 0 Å². The molecular weight excluding hydrogens is 249 g/mol. The fourth-order valence-electron chi connectivity index (χ4n) is 1.30. The van der Waals surface area contributed by atoms with Crippen LogP contribution in [-0.4, -0.2) is 19.8 Å². The Morgan fingerprint density at radius 2 is 2.21 bits per heavy atom. The van der Waals surface area contributed by atoms with Crippen LogP contribution < -0.4 is 5.73 Å². The zero-order valence-corrected chi connectivity index (χ0v) is 9.55. The molecule has 0 aliphatic heterocycles. The fraction of sp³-hybridized carbons (Fsp3) is 0.400. The smallest absolute Gasteiger partial charge is 0.124 e. The van der Waals surface area contributed by atoms with E-state index in [1.54, 1.807) is 7.11 Å². The van der Waals surface area contributed by atoms with E-state index in [9.17, 15) is 4.39 Å². The third-order valence-corrected chi connectivity index (χ3v) is 2.26. The molecule has 0 radical (unpaired) electrons. The van der Waals surface area contributed by atoms with Gasteiger partial charge in [0, 0.05) is 17.6 Å². The lowest BCUT2D eigenvalue weighted by Gasteiger charge is -2.10. The second-order valence-electron chi connectivity index (χ2n) is 3.20. The van der Waals surface area contributed by atoms with Gasteiger partial charge in [-0.3, -0.25) is 0 Å². The Hall–Kier alpha value is -0.450. The van der Waals surface area contributed by atoms with Crippen LogP contribution >= 0.6 is 15.9 Å². The van der Waals surface area contributed by atoms with Gasteiger partial charge < -0.3 is 10.5 Å². The molecule has 0 fully saturated rings. The van der Waals surface area contributed by atoms with E-state index in [2.05, 4.69) is 15.9 Å². The number of ether oxygens (including phenoxy) is 1. The minimum Gasteiger partial charge on any atom is -0.383 e. The van der Waals surface area contributed by atoms with Crippen molar-refractivity contribution in [2.45, 2.75) is 12.5 Å². The number of nitrogens with two attached hydrogens (primary N) is 1. The van der Waals surface area contributed by atoms with Gasteiger partial charge in [-0.2, -0.15) is 0 Å². The van der Waals surface area contributed by atoms with E-state index in [-0.39, 0.29) is 11.9 Å². The van der Waals surface area contributed by atoms with Crippen molar-refractivity contribution in [3.05, 3.63) is 34.1 Å². The van der Waals surface area contributed by atoms with E-state index < -0.39 is 0 Å². The van der Waals surface area contributed by atoms with Crippen molar-refractivity contribution in [1.82, 2.24) is 0 Å². The molecule has 1 aromatic rings. The predicted molar refractivity (Wildman–Crippen MR) is 57.7 cm³/mol. The highest BCUT2D eigenvalue weighted by molar-refractivity contribution is 9.10. The summed E-state index contributed by atoms with van der Waals surface area (Å²) in [7, 11) is 1.60. The third-order valence-electron chi connectivity index (χ3n) is 1.80. The molecule has 1 rings (SSSR count). The van der Waals surface area contributed by atoms with Crippen LogP contribution in [0.2, 0.25) is 0 Å². The van der Waals surface area contributed by atoms with E-state index in [4.69, 9.17) is 10.5 Å². The second-order valence-corrected chi connectivity index (χ2v) is 4.11. The summed E-state index contributed by atoms with van der Waals surface area (Å²) in [4.78, 5) is 0. The number of benzene rings is 1. The van der Waals surface area contributed by atoms with Gasteiger partial charge in [-0.05, 0) is 30.2 Å². The molecular formula is C10H13BrFNO. The number of rotatable bonds is 4. The first-order valence-corrected chi connectivity index (χ1v) is 5.10. The molecule has 0 aliphatic carbocycles. The summed E-state index contributed by atoms with van der Waals surface area (Å²) in [5.41, 5.74) is 6.63. The first-order valence-electron chi connectivity index (χ1n) is 4.31. The van der Waals surface area contributed by atoms with Crippen molar-refractivity contribution in [2.24, 2.45) is 5.73 Å². The molecule has 78 valence electrons. The van der Waals surface area contributed by atoms with E-state index in [1.807, 2.05) is 6.07 Å². The zero-order valence-electron chi connectivity index (χ0n) is 7.97. The number of hydrogen-bond donors (Lipinski definition) is 1. The normalized spacial score (nSPS) is 12.9. The predicted octanol–water partition coefficient (Wildman–Crippen LogP) is 2.10. The maximum atomic E-state index is 13.0. The standard InChI is InChI=1S/C10H13BrFNO/c1-14-6-10(13)4-7-2-8(11)5-9(12)3-7/h2-3,5,10H,4,6,13H2,1H3. The summed E-state index contributed by atoms with van der Waals surface area (Å²) in [6, 6.07) is 4.68. The highest BCUT2D eigenvalue weighted by atomic mass is 79.9. The Bertz CT molecular complexity index is 286. The summed E-state index contributed by atoms with van der Waals surface area (Å²) in [6.45, 7) is 0.480. The van der Waals surface area contributed by atoms with Crippen molar-refractivity contribution < 1.29 is 9.13 Å². The van der Waals surface area contributed by atoms with Gasteiger partial charge >= 0.3 is 0 Å². The molecule has 2 nitrogen and oxygen atoms in total. The number of hydrogen-bond acceptors (Lipinski definition) is 2. The molecule has 0 saturated heterocycles. The monoisotopic (exact) mass is 261 g/mol. The van der Waals surface area contributed by atoms with E-state index in [1.165, 1.54) is 12.1 Å². The van der Waals surface area contributed by atoms with Gasteiger partial charge in [-0.1, -0.05) is 15.9 Å². The van der Waals surface area contributed by atoms with Crippen molar-refractivity contribution in [3.63, 3.8) is 0 Å². The molecule has 0 aromatic heterocycles. The van der Waals surface area contributed by atoms with Gasteiger partial charge in [0.2, 0.25) is 0 Å². The molecule has 2 N–H and O–H groups in total. The summed E-state index contributed by atoms with van der Waals surface area (Å²) >= 11 is 3.23. The highest BCUT2D eigenvalue weighted by Gasteiger charge is 2.05. The minimum atomic E-state index is -0.251. The van der Waals surface area contributed by atoms with Crippen molar-refractivity contribution in [1.29, 1.82) is 0 Å². The molecule has 0 aliphatic rings. The molecule has 4 heteroatoms. The second kappa shape index (κ2) is 5.44. The zero-order chi connectivity index (χ0) is 10.6. The largest absolute Gasteiger partial charge is 0.383 e. The number of methoxy groups -OCH3 is 1. The molecule has 0 heterocycles. The van der Waals surface area contributed by atoms with Crippen molar-refractivity contribution in [2.75, 3.05) is 13.7 Å². The molecule has 1 aromatic carbocycles. The van der Waals surface area contributed by atoms with Gasteiger partial charge in [-0.15, -0.1) is 0 Å². The average molecular weight is 262 g/mol. The Morgan fingerprint density at radius 1 is 1.50 bits per heavy atom. The van der Waals surface area contributed by atoms with Crippen LogP contribution in [0.4, 0.5) is 4.39 Å². The molecule has 0 bridgehead atoms. The van der Waals surface area contributed by atoms with Gasteiger partial charge in [0.25, 0.3) is 0 Å². The lowest BCUT2D eigenvalue weighted by Crippen LogP contribution is -2.28. The van der Waals surface area contributed by atoms with Crippen molar-refractivity contribution >= 4 is 15.9 Å². The van der Waals surface area contributed by atoms with E-state index in [0.29, 0.717) is 13.0 Å². The summed E-state index contributed by atoms with van der Waals surface area (Å²) < 4.78 is 18.6. The maximum absolute atomic E-state index is 13.0. The molecule has 0 amide bonds. The van der Waals surface area contributed by atoms with Crippen LogP contribution in [0.1, 0.15) is 5.56 Å². The highest BCUT2D eigenvalue weighted by Crippen LogP contribution is 2.15. The Kier molecular flexibility index (Phi) is 4.51. The van der Waals surface area contributed by atoms with Crippen molar-refractivity contribution in [3.8, 4) is 0 Å². The van der Waals surface area contributed by atoms with E-state index >= 15 is 0 Å². The molecule has 0 spiro atoms. The Balaban J connectivity index is 2.66. The van der Waals surface area contributed by atoms with Gasteiger partial charge in [0.1, 0.15) is 5.82 Å². The van der Waals surface area contributed by atoms with E-state index in [0.717, 1.165) is 10.0 Å². The fourth-order valence-corrected chi connectivity index (χ4v) is 1.82. The van der Waals surface area contributed by atoms with Crippen LogP contribution in [0.25, 0.3) is 0 Å². The molecule has 0 saturated carbocycles. The van der Waals surface area contributed by atoms with Gasteiger partial charge in [0.05, 0.1) is 6.61 Å². The summed E-state index contributed by atoms with van der Waals surface area (Å²) in [5.74, 6) is -0.251. The molecule has 14 heavy (non-hydrogen) atoms. The number of halogens is 2. The molecule has 1 atom stereocenters. The molecule has 1 unspecified atom stereocenters. The quantitative estimate of drug-likeness (QED) is 0.901. The Labute approximate surface area is 91.4 Å². The van der Waals surface area contributed by atoms with Crippen LogP contribution in [0.15, 0.2) is 22.7 Å². The topological polar surface area (TPSA) is 35.2 Å². The van der Waals surface area contributed by atoms with Crippen LogP contribution in [0, 0.1) is 5.82 Å². The lowest BCUT2D eigenvalue weighted by molar-refractivity contribution is 0.180. The lowest BCUT2D eigenvalue weighted by atomic mass is 10.1. The summed E-state index contributed by atoms with van der Waals surface area (Å²) in [5, 5.41) is 0. The summed E-state index contributed by atoms with van der Waals surface area (Å²) in [6.07, 6.45) is 0.615.